The fraction of sp³-hybridized carbons (Fsp3) is 0.400. The van der Waals surface area contributed by atoms with E-state index in [1.807, 2.05) is 17.7 Å². The van der Waals surface area contributed by atoms with Crippen LogP contribution in [0.1, 0.15) is 12.1 Å². The molecule has 9 heteroatoms. The highest BCUT2D eigenvalue weighted by Gasteiger charge is 2.22. The highest BCUT2D eigenvalue weighted by Crippen LogP contribution is 2.21. The van der Waals surface area contributed by atoms with E-state index < -0.39 is 10.0 Å². The lowest BCUT2D eigenvalue weighted by atomic mass is 10.3. The van der Waals surface area contributed by atoms with Gasteiger partial charge in [0, 0.05) is 51.2 Å². The summed E-state index contributed by atoms with van der Waals surface area (Å²) in [6, 6.07) is 1.65. The van der Waals surface area contributed by atoms with Crippen LogP contribution in [-0.2, 0) is 23.6 Å². The summed E-state index contributed by atoms with van der Waals surface area (Å²) in [4.78, 5) is 8.41. The van der Waals surface area contributed by atoms with Crippen molar-refractivity contribution in [2.24, 2.45) is 7.05 Å². The number of hydrogen-bond acceptors (Lipinski definition) is 5. The molecule has 0 amide bonds. The minimum atomic E-state index is -3.57. The summed E-state index contributed by atoms with van der Waals surface area (Å²) < 4.78 is 30.4. The molecular weight excluding hydrogens is 328 g/mol. The van der Waals surface area contributed by atoms with E-state index in [1.165, 1.54) is 10.5 Å². The van der Waals surface area contributed by atoms with Gasteiger partial charge >= 0.3 is 0 Å². The van der Waals surface area contributed by atoms with Gasteiger partial charge in [0.25, 0.3) is 0 Å². The molecule has 3 aromatic rings. The number of aryl methyl sites for hydroxylation is 3. The Labute approximate surface area is 140 Å². The zero-order valence-corrected chi connectivity index (χ0v) is 14.7. The second-order valence-corrected chi connectivity index (χ2v) is 7.78. The Morgan fingerprint density at radius 2 is 2.12 bits per heavy atom. The number of sulfonamides is 1. The molecule has 0 N–H and O–H groups in total. The third kappa shape index (κ3) is 3.04. The molecule has 24 heavy (non-hydrogen) atoms. The minimum Gasteiger partial charge on any atom is -0.337 e. The molecule has 3 heterocycles. The summed E-state index contributed by atoms with van der Waals surface area (Å²) in [6.07, 6.45) is 7.38. The maximum absolute atomic E-state index is 12.7. The molecule has 0 saturated heterocycles. The van der Waals surface area contributed by atoms with Crippen LogP contribution in [0, 0.1) is 6.92 Å². The summed E-state index contributed by atoms with van der Waals surface area (Å²) in [5, 5.41) is 5.03. The third-order valence-corrected chi connectivity index (χ3v) is 5.82. The van der Waals surface area contributed by atoms with Gasteiger partial charge in [0.05, 0.1) is 12.0 Å². The molecule has 0 saturated carbocycles. The van der Waals surface area contributed by atoms with Gasteiger partial charge in [-0.2, -0.15) is 5.10 Å². The largest absolute Gasteiger partial charge is 0.337 e. The molecule has 0 spiro atoms. The van der Waals surface area contributed by atoms with Crippen molar-refractivity contribution in [3.8, 4) is 0 Å². The van der Waals surface area contributed by atoms with E-state index in [1.54, 1.807) is 37.4 Å². The maximum Gasteiger partial charge on any atom is 0.244 e. The third-order valence-electron chi connectivity index (χ3n) is 3.99. The molecule has 0 atom stereocenters. The Kier molecular flexibility index (Phi) is 4.37. The van der Waals surface area contributed by atoms with Crippen LogP contribution in [0.3, 0.4) is 0 Å². The van der Waals surface area contributed by atoms with E-state index in [2.05, 4.69) is 15.1 Å². The van der Waals surface area contributed by atoms with E-state index >= 15 is 0 Å². The van der Waals surface area contributed by atoms with Gasteiger partial charge < -0.3 is 4.57 Å². The smallest absolute Gasteiger partial charge is 0.244 e. The van der Waals surface area contributed by atoms with E-state index in [9.17, 15) is 8.42 Å². The Balaban J connectivity index is 1.77. The van der Waals surface area contributed by atoms with Crippen LogP contribution in [0.4, 0.5) is 0 Å². The van der Waals surface area contributed by atoms with Gasteiger partial charge in [-0.1, -0.05) is 0 Å². The second-order valence-electron chi connectivity index (χ2n) is 5.73. The molecule has 3 rings (SSSR count). The van der Waals surface area contributed by atoms with Crippen molar-refractivity contribution in [3.05, 3.63) is 36.7 Å². The molecule has 8 nitrogen and oxygen atoms in total. The number of nitrogens with zero attached hydrogens (tertiary/aromatic N) is 6. The highest BCUT2D eigenvalue weighted by atomic mass is 32.2. The van der Waals surface area contributed by atoms with Crippen molar-refractivity contribution in [3.63, 3.8) is 0 Å². The first-order valence-corrected chi connectivity index (χ1v) is 9.05. The van der Waals surface area contributed by atoms with Crippen molar-refractivity contribution in [2.75, 3.05) is 13.6 Å². The molecular formula is C15H20N6O2S. The quantitative estimate of drug-likeness (QED) is 0.668. The predicted molar refractivity (Wildman–Crippen MR) is 89.9 cm³/mol. The molecule has 0 unspecified atom stereocenters. The molecule has 0 bridgehead atoms. The molecule has 0 aliphatic carbocycles. The Morgan fingerprint density at radius 1 is 1.33 bits per heavy atom. The molecule has 3 aromatic heterocycles. The maximum atomic E-state index is 12.7. The number of aromatic nitrogens is 5. The number of imidazole rings is 1. The van der Waals surface area contributed by atoms with Crippen LogP contribution in [0.15, 0.2) is 35.9 Å². The monoisotopic (exact) mass is 348 g/mol. The lowest BCUT2D eigenvalue weighted by Gasteiger charge is -2.17. The van der Waals surface area contributed by atoms with Crippen LogP contribution in [0.5, 0.6) is 0 Å². The van der Waals surface area contributed by atoms with E-state index in [4.69, 9.17) is 0 Å². The first-order valence-electron chi connectivity index (χ1n) is 7.61. The Bertz CT molecular complexity index is 946. The van der Waals surface area contributed by atoms with Gasteiger partial charge in [0.15, 0.2) is 5.65 Å². The zero-order chi connectivity index (χ0) is 17.3. The molecule has 128 valence electrons. The number of pyridine rings is 1. The predicted octanol–water partition coefficient (Wildman–Crippen LogP) is 1.18. The first kappa shape index (κ1) is 16.6. The van der Waals surface area contributed by atoms with E-state index in [-0.39, 0.29) is 4.90 Å². The van der Waals surface area contributed by atoms with E-state index in [0.717, 1.165) is 17.6 Å². The highest BCUT2D eigenvalue weighted by molar-refractivity contribution is 7.89. The summed E-state index contributed by atoms with van der Waals surface area (Å²) in [7, 11) is -0.193. The topological polar surface area (TPSA) is 85.9 Å². The van der Waals surface area contributed by atoms with Crippen LogP contribution in [-0.4, -0.2) is 50.6 Å². The number of rotatable bonds is 6. The molecule has 0 aliphatic rings. The molecule has 0 radical (unpaired) electrons. The van der Waals surface area contributed by atoms with Crippen molar-refractivity contribution in [2.45, 2.75) is 24.8 Å². The van der Waals surface area contributed by atoms with Crippen molar-refractivity contribution in [1.29, 1.82) is 0 Å². The van der Waals surface area contributed by atoms with Gasteiger partial charge in [-0.15, -0.1) is 0 Å². The van der Waals surface area contributed by atoms with Crippen molar-refractivity contribution < 1.29 is 8.42 Å². The van der Waals surface area contributed by atoms with Gasteiger partial charge in [0.2, 0.25) is 10.0 Å². The number of fused-ring (bicyclic) bond motifs is 1. The summed E-state index contributed by atoms with van der Waals surface area (Å²) in [5.74, 6) is 0. The number of hydrogen-bond donors (Lipinski definition) is 0. The van der Waals surface area contributed by atoms with Crippen LogP contribution in [0.2, 0.25) is 0 Å². The minimum absolute atomic E-state index is 0.191. The molecule has 0 aromatic carbocycles. The lowest BCUT2D eigenvalue weighted by Crippen LogP contribution is -2.28. The van der Waals surface area contributed by atoms with E-state index in [0.29, 0.717) is 18.6 Å². The first-order chi connectivity index (χ1) is 11.4. The SMILES string of the molecule is Cc1nn(C)c2ncc(S(=O)(=O)N(C)CCCn3ccnc3)cc12. The Morgan fingerprint density at radius 3 is 2.83 bits per heavy atom. The van der Waals surface area contributed by atoms with Crippen LogP contribution < -0.4 is 0 Å². The summed E-state index contributed by atoms with van der Waals surface area (Å²) >= 11 is 0. The second kappa shape index (κ2) is 6.33. The zero-order valence-electron chi connectivity index (χ0n) is 13.9. The van der Waals surface area contributed by atoms with Gasteiger partial charge in [-0.25, -0.2) is 22.7 Å². The summed E-state index contributed by atoms with van der Waals surface area (Å²) in [5.41, 5.74) is 1.44. The fourth-order valence-corrected chi connectivity index (χ4v) is 3.81. The molecule has 0 fully saturated rings. The van der Waals surface area contributed by atoms with Gasteiger partial charge in [-0.3, -0.25) is 4.68 Å². The standard InChI is InChI=1S/C15H20N6O2S/c1-12-14-9-13(10-17-15(14)20(3)18-12)24(22,23)19(2)6-4-7-21-8-5-16-11-21/h5,8-11H,4,6-7H2,1-3H3. The fourth-order valence-electron chi connectivity index (χ4n) is 2.62. The van der Waals surface area contributed by atoms with Gasteiger partial charge in [0.1, 0.15) is 4.90 Å². The summed E-state index contributed by atoms with van der Waals surface area (Å²) in [6.45, 7) is 2.98. The average molecular weight is 348 g/mol. The van der Waals surface area contributed by atoms with Gasteiger partial charge in [-0.05, 0) is 19.4 Å². The van der Waals surface area contributed by atoms with Crippen LogP contribution in [0.25, 0.3) is 11.0 Å². The lowest BCUT2D eigenvalue weighted by molar-refractivity contribution is 0.446. The Hall–Kier alpha value is -2.26. The average Bonchev–Trinajstić information content (AvgIpc) is 3.16. The van der Waals surface area contributed by atoms with Crippen molar-refractivity contribution in [1.82, 2.24) is 28.6 Å². The van der Waals surface area contributed by atoms with Crippen molar-refractivity contribution >= 4 is 21.1 Å². The van der Waals surface area contributed by atoms with Crippen LogP contribution >= 0.6 is 0 Å². The normalized spacial score (nSPS) is 12.3. The molecule has 0 aliphatic heterocycles.